The fourth-order valence-corrected chi connectivity index (χ4v) is 3.27. The van der Waals surface area contributed by atoms with Crippen LogP contribution in [0.1, 0.15) is 49.9 Å². The summed E-state index contributed by atoms with van der Waals surface area (Å²) in [6.07, 6.45) is 4.98. The molecule has 0 atom stereocenters. The lowest BCUT2D eigenvalue weighted by molar-refractivity contribution is -0.141. The Kier molecular flexibility index (Phi) is 4.04. The van der Waals surface area contributed by atoms with Gasteiger partial charge in [-0.15, -0.1) is 0 Å². The van der Waals surface area contributed by atoms with Crippen LogP contribution in [0.5, 0.6) is 0 Å². The molecule has 1 aliphatic rings. The maximum Gasteiger partial charge on any atom is 0.228 e. The van der Waals surface area contributed by atoms with Crippen molar-refractivity contribution >= 4 is 5.91 Å². The molecule has 23 heavy (non-hydrogen) atoms. The van der Waals surface area contributed by atoms with Crippen molar-refractivity contribution < 1.29 is 9.21 Å². The molecule has 0 spiro atoms. The van der Waals surface area contributed by atoms with E-state index >= 15 is 0 Å². The van der Waals surface area contributed by atoms with E-state index in [1.807, 2.05) is 49.5 Å². The maximum absolute atomic E-state index is 12.9. The largest absolute Gasteiger partial charge is 0.467 e. The molecular formula is C18H25N3O2. The van der Waals surface area contributed by atoms with Crippen LogP contribution in [0.4, 0.5) is 0 Å². The lowest BCUT2D eigenvalue weighted by atomic mass is 9.94. The van der Waals surface area contributed by atoms with Crippen LogP contribution >= 0.6 is 0 Å². The summed E-state index contributed by atoms with van der Waals surface area (Å²) in [5.41, 5.74) is 3.26. The number of hydrogen-bond acceptors (Lipinski definition) is 3. The van der Waals surface area contributed by atoms with Gasteiger partial charge in [0.05, 0.1) is 25.0 Å². The Bertz CT molecular complexity index is 693. The standard InChI is InChI=1S/C18H25N3O2/c1-18(2,3)17(22)21(11-13-7-6-10-23-13)12-15-14-8-5-9-16(14)20(4)19-15/h6-7,10H,5,8-9,11-12H2,1-4H3. The van der Waals surface area contributed by atoms with Crippen molar-refractivity contribution in [2.75, 3.05) is 0 Å². The topological polar surface area (TPSA) is 51.3 Å². The first-order chi connectivity index (χ1) is 10.9. The van der Waals surface area contributed by atoms with E-state index < -0.39 is 5.41 Å². The normalized spacial score (nSPS) is 14.1. The maximum atomic E-state index is 12.9. The zero-order chi connectivity index (χ0) is 16.6. The summed E-state index contributed by atoms with van der Waals surface area (Å²) in [7, 11) is 2.00. The van der Waals surface area contributed by atoms with Crippen molar-refractivity contribution in [2.24, 2.45) is 12.5 Å². The summed E-state index contributed by atoms with van der Waals surface area (Å²) >= 11 is 0. The molecule has 0 radical (unpaired) electrons. The number of carbonyl (C=O) groups is 1. The van der Waals surface area contributed by atoms with Crippen LogP contribution in [0.15, 0.2) is 22.8 Å². The number of fused-ring (bicyclic) bond motifs is 1. The number of nitrogens with zero attached hydrogens (tertiary/aromatic N) is 3. The molecule has 0 aromatic carbocycles. The number of aryl methyl sites for hydroxylation is 1. The van der Waals surface area contributed by atoms with Crippen LogP contribution in [-0.2, 0) is 37.8 Å². The fraction of sp³-hybridized carbons (Fsp3) is 0.556. The van der Waals surface area contributed by atoms with Crippen molar-refractivity contribution in [3.63, 3.8) is 0 Å². The summed E-state index contributed by atoms with van der Waals surface area (Å²) in [5.74, 6) is 0.918. The Hall–Kier alpha value is -2.04. The van der Waals surface area contributed by atoms with E-state index in [0.717, 1.165) is 24.3 Å². The molecule has 0 unspecified atom stereocenters. The van der Waals surface area contributed by atoms with E-state index in [1.54, 1.807) is 6.26 Å². The summed E-state index contributed by atoms with van der Waals surface area (Å²) in [6.45, 7) is 6.88. The minimum atomic E-state index is -0.426. The van der Waals surface area contributed by atoms with Gasteiger partial charge in [0.25, 0.3) is 0 Å². The average molecular weight is 315 g/mol. The molecule has 2 heterocycles. The summed E-state index contributed by atoms with van der Waals surface area (Å²) in [5, 5.41) is 4.66. The molecule has 0 aliphatic heterocycles. The molecule has 0 saturated carbocycles. The highest BCUT2D eigenvalue weighted by Crippen LogP contribution is 2.27. The smallest absolute Gasteiger partial charge is 0.228 e. The molecule has 2 aromatic heterocycles. The van der Waals surface area contributed by atoms with Crippen LogP contribution in [0.3, 0.4) is 0 Å². The third-order valence-corrected chi connectivity index (χ3v) is 4.39. The van der Waals surface area contributed by atoms with Crippen molar-refractivity contribution in [1.82, 2.24) is 14.7 Å². The van der Waals surface area contributed by atoms with Crippen molar-refractivity contribution in [2.45, 2.75) is 53.1 Å². The molecule has 1 amide bonds. The Balaban J connectivity index is 1.87. The van der Waals surface area contributed by atoms with Gasteiger partial charge >= 0.3 is 0 Å². The monoisotopic (exact) mass is 315 g/mol. The Morgan fingerprint density at radius 1 is 1.35 bits per heavy atom. The van der Waals surface area contributed by atoms with Crippen LogP contribution < -0.4 is 0 Å². The van der Waals surface area contributed by atoms with Crippen molar-refractivity contribution in [3.05, 3.63) is 41.1 Å². The van der Waals surface area contributed by atoms with Gasteiger partial charge < -0.3 is 9.32 Å². The molecular weight excluding hydrogens is 290 g/mol. The highest BCUT2D eigenvalue weighted by atomic mass is 16.3. The molecule has 0 saturated heterocycles. The van der Waals surface area contributed by atoms with Crippen LogP contribution in [-0.4, -0.2) is 20.6 Å². The predicted molar refractivity (Wildman–Crippen MR) is 87.7 cm³/mol. The van der Waals surface area contributed by atoms with Gasteiger partial charge in [-0.1, -0.05) is 20.8 Å². The van der Waals surface area contributed by atoms with Gasteiger partial charge in [0, 0.05) is 18.2 Å². The molecule has 0 bridgehead atoms. The molecule has 5 heteroatoms. The molecule has 0 fully saturated rings. The second-order valence-electron chi connectivity index (χ2n) is 7.34. The van der Waals surface area contributed by atoms with Crippen LogP contribution in [0.2, 0.25) is 0 Å². The summed E-state index contributed by atoms with van der Waals surface area (Å²) in [4.78, 5) is 14.7. The average Bonchev–Trinajstić information content (AvgIpc) is 3.18. The van der Waals surface area contributed by atoms with Crippen LogP contribution in [0.25, 0.3) is 0 Å². The number of rotatable bonds is 4. The lowest BCUT2D eigenvalue weighted by Crippen LogP contribution is -2.38. The number of amides is 1. The highest BCUT2D eigenvalue weighted by Gasteiger charge is 2.30. The van der Waals surface area contributed by atoms with E-state index in [9.17, 15) is 4.79 Å². The second-order valence-corrected chi connectivity index (χ2v) is 7.34. The lowest BCUT2D eigenvalue weighted by Gasteiger charge is -2.28. The fourth-order valence-electron chi connectivity index (χ4n) is 3.27. The van der Waals surface area contributed by atoms with Gasteiger partial charge in [-0.25, -0.2) is 0 Å². The summed E-state index contributed by atoms with van der Waals surface area (Å²) in [6, 6.07) is 3.76. The first-order valence-electron chi connectivity index (χ1n) is 8.21. The zero-order valence-electron chi connectivity index (χ0n) is 14.4. The van der Waals surface area contributed by atoms with Gasteiger partial charge in [0.2, 0.25) is 5.91 Å². The van der Waals surface area contributed by atoms with Gasteiger partial charge in [-0.3, -0.25) is 9.48 Å². The first-order valence-corrected chi connectivity index (χ1v) is 8.21. The van der Waals surface area contributed by atoms with E-state index in [2.05, 4.69) is 5.10 Å². The molecule has 0 N–H and O–H groups in total. The van der Waals surface area contributed by atoms with Gasteiger partial charge in [-0.2, -0.15) is 5.10 Å². The van der Waals surface area contributed by atoms with Gasteiger partial charge in [-0.05, 0) is 37.0 Å². The van der Waals surface area contributed by atoms with Crippen molar-refractivity contribution in [1.29, 1.82) is 0 Å². The Labute approximate surface area is 137 Å². The van der Waals surface area contributed by atoms with E-state index in [4.69, 9.17) is 4.42 Å². The quantitative estimate of drug-likeness (QED) is 0.871. The molecule has 1 aliphatic carbocycles. The van der Waals surface area contributed by atoms with E-state index in [-0.39, 0.29) is 5.91 Å². The molecule has 3 rings (SSSR count). The number of aromatic nitrogens is 2. The molecule has 124 valence electrons. The first kappa shape index (κ1) is 15.8. The number of furan rings is 1. The summed E-state index contributed by atoms with van der Waals surface area (Å²) < 4.78 is 7.42. The zero-order valence-corrected chi connectivity index (χ0v) is 14.4. The van der Waals surface area contributed by atoms with Gasteiger partial charge in [0.15, 0.2) is 0 Å². The van der Waals surface area contributed by atoms with Gasteiger partial charge in [0.1, 0.15) is 5.76 Å². The minimum absolute atomic E-state index is 0.117. The third-order valence-electron chi connectivity index (χ3n) is 4.39. The molecule has 2 aromatic rings. The second kappa shape index (κ2) is 5.87. The Morgan fingerprint density at radius 2 is 2.13 bits per heavy atom. The van der Waals surface area contributed by atoms with E-state index in [1.165, 1.54) is 17.7 Å². The third kappa shape index (κ3) is 3.19. The predicted octanol–water partition coefficient (Wildman–Crippen LogP) is 3.08. The van der Waals surface area contributed by atoms with Crippen LogP contribution in [0, 0.1) is 5.41 Å². The van der Waals surface area contributed by atoms with Crippen molar-refractivity contribution in [3.8, 4) is 0 Å². The highest BCUT2D eigenvalue weighted by molar-refractivity contribution is 5.81. The minimum Gasteiger partial charge on any atom is -0.467 e. The number of hydrogen-bond donors (Lipinski definition) is 0. The SMILES string of the molecule is Cn1nc(CN(Cc2ccco2)C(=O)C(C)(C)C)c2c1CCC2. The molecule has 5 nitrogen and oxygen atoms in total. The van der Waals surface area contributed by atoms with E-state index in [0.29, 0.717) is 13.1 Å². The Morgan fingerprint density at radius 3 is 2.78 bits per heavy atom. The number of carbonyl (C=O) groups excluding carboxylic acids is 1.